The Hall–Kier alpha value is -2.84. The zero-order valence-electron chi connectivity index (χ0n) is 14.3. The highest BCUT2D eigenvalue weighted by Crippen LogP contribution is 2.41. The van der Waals surface area contributed by atoms with Gasteiger partial charge in [0.05, 0.1) is 17.3 Å². The van der Waals surface area contributed by atoms with Gasteiger partial charge in [-0.15, -0.1) is 0 Å². The molecular formula is C17H18F2N4O3. The van der Waals surface area contributed by atoms with Crippen LogP contribution in [0.3, 0.4) is 0 Å². The van der Waals surface area contributed by atoms with Crippen molar-refractivity contribution in [2.45, 2.75) is 44.9 Å². The molecule has 0 bridgehead atoms. The molecule has 9 heteroatoms. The first-order chi connectivity index (χ1) is 12.3. The molecule has 2 unspecified atom stereocenters. The van der Waals surface area contributed by atoms with Crippen LogP contribution in [0.1, 0.15) is 32.7 Å². The molecule has 3 rings (SSSR count). The second kappa shape index (κ2) is 6.81. The number of alkyl halides is 2. The third-order valence-corrected chi connectivity index (χ3v) is 4.50. The Balaban J connectivity index is 1.89. The van der Waals surface area contributed by atoms with Crippen molar-refractivity contribution >= 4 is 5.91 Å². The van der Waals surface area contributed by atoms with E-state index < -0.39 is 12.2 Å². The smallest absolute Gasteiger partial charge is 0.388 e. The first-order valence-electron chi connectivity index (χ1n) is 8.08. The third kappa shape index (κ3) is 3.56. The Morgan fingerprint density at radius 3 is 2.69 bits per heavy atom. The van der Waals surface area contributed by atoms with E-state index in [1.165, 1.54) is 42.1 Å². The number of aromatic nitrogens is 3. The summed E-state index contributed by atoms with van der Waals surface area (Å²) in [4.78, 5) is 27.5. The van der Waals surface area contributed by atoms with Crippen LogP contribution in [0.5, 0.6) is 5.88 Å². The monoisotopic (exact) mass is 364 g/mol. The summed E-state index contributed by atoms with van der Waals surface area (Å²) in [6.07, 6.45) is 2.81. The van der Waals surface area contributed by atoms with Crippen LogP contribution in [0.4, 0.5) is 8.78 Å². The van der Waals surface area contributed by atoms with Crippen LogP contribution in [0, 0.1) is 0 Å². The molecule has 26 heavy (non-hydrogen) atoms. The van der Waals surface area contributed by atoms with Crippen LogP contribution in [0.25, 0.3) is 11.3 Å². The normalized spacial score (nSPS) is 22.0. The van der Waals surface area contributed by atoms with Crippen LogP contribution in [-0.2, 0) is 4.79 Å². The molecule has 1 aliphatic carbocycles. The molecule has 2 aromatic rings. The van der Waals surface area contributed by atoms with E-state index in [0.29, 0.717) is 17.7 Å². The highest BCUT2D eigenvalue weighted by atomic mass is 19.3. The number of rotatable bonds is 5. The number of ether oxygens (including phenoxy) is 1. The molecule has 1 aliphatic rings. The molecule has 1 amide bonds. The van der Waals surface area contributed by atoms with Gasteiger partial charge in [0.15, 0.2) is 0 Å². The summed E-state index contributed by atoms with van der Waals surface area (Å²) < 4.78 is 30.0. The lowest BCUT2D eigenvalue weighted by molar-refractivity contribution is -0.122. The molecule has 0 radical (unpaired) electrons. The predicted octanol–water partition coefficient (Wildman–Crippen LogP) is 2.14. The van der Waals surface area contributed by atoms with E-state index in [2.05, 4.69) is 20.1 Å². The Kier molecular flexibility index (Phi) is 4.71. The van der Waals surface area contributed by atoms with Crippen LogP contribution in [-0.4, -0.2) is 32.8 Å². The van der Waals surface area contributed by atoms with Gasteiger partial charge >= 0.3 is 6.61 Å². The summed E-state index contributed by atoms with van der Waals surface area (Å²) in [6, 6.07) is 5.52. The summed E-state index contributed by atoms with van der Waals surface area (Å²) >= 11 is 0. The molecule has 7 nitrogen and oxygen atoms in total. The van der Waals surface area contributed by atoms with Gasteiger partial charge in [-0.05, 0) is 31.9 Å². The Morgan fingerprint density at radius 2 is 2.15 bits per heavy atom. The topological polar surface area (TPSA) is 86.1 Å². The molecule has 1 saturated carbocycles. The molecule has 2 atom stereocenters. The maximum atomic E-state index is 12.3. The van der Waals surface area contributed by atoms with E-state index in [-0.39, 0.29) is 23.4 Å². The van der Waals surface area contributed by atoms with Crippen molar-refractivity contribution in [2.75, 3.05) is 0 Å². The molecule has 0 aromatic carbocycles. The number of hydrogen-bond acceptors (Lipinski definition) is 5. The van der Waals surface area contributed by atoms with Crippen molar-refractivity contribution in [3.05, 3.63) is 40.8 Å². The quantitative estimate of drug-likeness (QED) is 0.878. The number of halogens is 2. The highest BCUT2D eigenvalue weighted by molar-refractivity contribution is 5.74. The van der Waals surface area contributed by atoms with Crippen molar-refractivity contribution in [1.29, 1.82) is 0 Å². The number of hydrogen-bond donors (Lipinski definition) is 1. The predicted molar refractivity (Wildman–Crippen MR) is 88.9 cm³/mol. The number of nitrogens with one attached hydrogen (secondary N) is 1. The largest absolute Gasteiger partial charge is 0.417 e. The fourth-order valence-corrected chi connectivity index (χ4v) is 3.14. The van der Waals surface area contributed by atoms with Crippen LogP contribution in [0.15, 0.2) is 35.3 Å². The van der Waals surface area contributed by atoms with Gasteiger partial charge in [0.1, 0.15) is 0 Å². The zero-order chi connectivity index (χ0) is 18.9. The number of pyridine rings is 1. The van der Waals surface area contributed by atoms with E-state index in [1.807, 2.05) is 6.92 Å². The molecule has 0 saturated heterocycles. The molecular weight excluding hydrogens is 346 g/mol. The number of carbonyl (C=O) groups excluding carboxylic acids is 1. The minimum Gasteiger partial charge on any atom is -0.417 e. The molecule has 1 N–H and O–H groups in total. The second-order valence-corrected chi connectivity index (χ2v) is 6.42. The van der Waals surface area contributed by atoms with E-state index in [9.17, 15) is 18.4 Å². The van der Waals surface area contributed by atoms with E-state index in [4.69, 9.17) is 0 Å². The average molecular weight is 364 g/mol. The first kappa shape index (κ1) is 18.0. The average Bonchev–Trinajstić information content (AvgIpc) is 2.55. The summed E-state index contributed by atoms with van der Waals surface area (Å²) in [7, 11) is 0. The fourth-order valence-electron chi connectivity index (χ4n) is 3.14. The van der Waals surface area contributed by atoms with Crippen LogP contribution < -0.4 is 15.6 Å². The molecule has 2 aromatic heterocycles. The molecule has 138 valence electrons. The minimum absolute atomic E-state index is 0.166. The summed E-state index contributed by atoms with van der Waals surface area (Å²) in [6.45, 7) is 0.363. The second-order valence-electron chi connectivity index (χ2n) is 6.42. The minimum atomic E-state index is -2.95. The van der Waals surface area contributed by atoms with Gasteiger partial charge in [0.2, 0.25) is 11.8 Å². The van der Waals surface area contributed by atoms with Gasteiger partial charge in [0, 0.05) is 30.8 Å². The summed E-state index contributed by atoms with van der Waals surface area (Å²) in [5.74, 6) is -0.366. The molecule has 0 spiro atoms. The standard InChI is InChI=1S/C17H18F2N4O3/c1-10(24)21-17(2)8-7-13(17)23-15(25)6-4-12(22-23)11-3-5-14(20-9-11)26-16(18)19/h3-6,9,13,16H,7-8H2,1-2H3,(H,21,24). The SMILES string of the molecule is CC(=O)NC1(C)CCC1n1nc(-c2ccc(OC(F)F)nc2)ccc1=O. The maximum Gasteiger partial charge on any atom is 0.388 e. The van der Waals surface area contributed by atoms with Crippen molar-refractivity contribution in [2.24, 2.45) is 0 Å². The lowest BCUT2D eigenvalue weighted by atomic mass is 9.73. The van der Waals surface area contributed by atoms with Crippen molar-refractivity contribution in [3.8, 4) is 17.1 Å². The maximum absolute atomic E-state index is 12.3. The first-order valence-corrected chi connectivity index (χ1v) is 8.08. The van der Waals surface area contributed by atoms with Gasteiger partial charge < -0.3 is 10.1 Å². The molecule has 1 fully saturated rings. The number of carbonyl (C=O) groups is 1. The van der Waals surface area contributed by atoms with E-state index in [0.717, 1.165) is 6.42 Å². The van der Waals surface area contributed by atoms with Crippen molar-refractivity contribution in [1.82, 2.24) is 20.1 Å². The number of amides is 1. The molecule has 2 heterocycles. The van der Waals surface area contributed by atoms with Gasteiger partial charge in [-0.25, -0.2) is 9.67 Å². The number of nitrogens with zero attached hydrogens (tertiary/aromatic N) is 3. The Labute approximate surface area is 148 Å². The van der Waals surface area contributed by atoms with Crippen LogP contribution in [0.2, 0.25) is 0 Å². The van der Waals surface area contributed by atoms with Crippen LogP contribution >= 0.6 is 0 Å². The van der Waals surface area contributed by atoms with Gasteiger partial charge in [-0.2, -0.15) is 13.9 Å². The lowest BCUT2D eigenvalue weighted by Crippen LogP contribution is -2.59. The molecule has 0 aliphatic heterocycles. The van der Waals surface area contributed by atoms with Crippen molar-refractivity contribution in [3.63, 3.8) is 0 Å². The van der Waals surface area contributed by atoms with Gasteiger partial charge in [-0.3, -0.25) is 9.59 Å². The van der Waals surface area contributed by atoms with E-state index in [1.54, 1.807) is 0 Å². The Morgan fingerprint density at radius 1 is 1.38 bits per heavy atom. The lowest BCUT2D eigenvalue weighted by Gasteiger charge is -2.47. The third-order valence-electron chi connectivity index (χ3n) is 4.50. The van der Waals surface area contributed by atoms with E-state index >= 15 is 0 Å². The Bertz CT molecular complexity index is 869. The highest BCUT2D eigenvalue weighted by Gasteiger charge is 2.45. The summed E-state index contributed by atoms with van der Waals surface area (Å²) in [5.41, 5.74) is 0.216. The van der Waals surface area contributed by atoms with Gasteiger partial charge in [0.25, 0.3) is 5.56 Å². The van der Waals surface area contributed by atoms with Crippen molar-refractivity contribution < 1.29 is 18.3 Å². The fraction of sp³-hybridized carbons (Fsp3) is 0.412. The summed E-state index contributed by atoms with van der Waals surface area (Å²) in [5, 5.41) is 7.26. The zero-order valence-corrected chi connectivity index (χ0v) is 14.3. The van der Waals surface area contributed by atoms with Gasteiger partial charge in [-0.1, -0.05) is 0 Å².